The lowest BCUT2D eigenvalue weighted by molar-refractivity contribution is -0.140. The van der Waals surface area contributed by atoms with E-state index in [0.717, 1.165) is 5.56 Å². The van der Waals surface area contributed by atoms with E-state index in [1.807, 2.05) is 30.3 Å². The molecule has 0 bridgehead atoms. The standard InChI is InChI=1S/C22H28N4O4/c1-13(2)19(22(29)30)26-20(27)15-9-11-18(17(24)12-15)25-21(28)16(23)10-8-14-6-4-3-5-7-14/h3-7,9,11-13,16,19H,8,10,23-24H2,1-2H3,(H,25,28)(H,26,27)(H,29,30)/t16-,19-/m0/s1. The molecule has 160 valence electrons. The molecular weight excluding hydrogens is 384 g/mol. The van der Waals surface area contributed by atoms with Crippen LogP contribution in [-0.2, 0) is 16.0 Å². The van der Waals surface area contributed by atoms with Gasteiger partial charge in [-0.15, -0.1) is 0 Å². The quantitative estimate of drug-likeness (QED) is 0.398. The number of carboxylic acids is 1. The van der Waals surface area contributed by atoms with Gasteiger partial charge in [-0.2, -0.15) is 0 Å². The van der Waals surface area contributed by atoms with Gasteiger partial charge in [-0.05, 0) is 42.5 Å². The van der Waals surface area contributed by atoms with Gasteiger partial charge in [0.15, 0.2) is 0 Å². The minimum absolute atomic E-state index is 0.183. The number of nitrogens with one attached hydrogen (secondary N) is 2. The SMILES string of the molecule is CC(C)[C@H](NC(=O)c1ccc(NC(=O)[C@@H](N)CCc2ccccc2)c(N)c1)C(=O)O. The Bertz CT molecular complexity index is 899. The van der Waals surface area contributed by atoms with Gasteiger partial charge in [0.05, 0.1) is 17.4 Å². The molecule has 0 aromatic heterocycles. The van der Waals surface area contributed by atoms with E-state index in [1.165, 1.54) is 18.2 Å². The second-order valence-corrected chi connectivity index (χ2v) is 7.46. The number of anilines is 2. The Morgan fingerprint density at radius 3 is 2.30 bits per heavy atom. The average Bonchev–Trinajstić information content (AvgIpc) is 2.71. The molecule has 0 aliphatic rings. The number of amides is 2. The third-order valence-electron chi connectivity index (χ3n) is 4.71. The second kappa shape index (κ2) is 10.4. The maximum atomic E-state index is 12.4. The predicted molar refractivity (Wildman–Crippen MR) is 116 cm³/mol. The lowest BCUT2D eigenvalue weighted by atomic mass is 10.0. The number of nitrogens with two attached hydrogens (primary N) is 2. The fourth-order valence-electron chi connectivity index (χ4n) is 2.88. The van der Waals surface area contributed by atoms with Crippen molar-refractivity contribution in [1.29, 1.82) is 0 Å². The maximum absolute atomic E-state index is 12.4. The van der Waals surface area contributed by atoms with Gasteiger partial charge in [0, 0.05) is 5.56 Å². The van der Waals surface area contributed by atoms with Crippen LogP contribution in [0.5, 0.6) is 0 Å². The number of rotatable bonds is 9. The number of aliphatic carboxylic acids is 1. The van der Waals surface area contributed by atoms with E-state index in [-0.39, 0.29) is 23.1 Å². The van der Waals surface area contributed by atoms with Gasteiger partial charge in [0.25, 0.3) is 5.91 Å². The number of nitrogen functional groups attached to an aromatic ring is 1. The summed E-state index contributed by atoms with van der Waals surface area (Å²) in [6.45, 7) is 3.40. The molecule has 0 fully saturated rings. The van der Waals surface area contributed by atoms with Gasteiger partial charge in [-0.1, -0.05) is 44.2 Å². The van der Waals surface area contributed by atoms with Gasteiger partial charge >= 0.3 is 5.97 Å². The first kappa shape index (κ1) is 22.9. The molecule has 0 aliphatic heterocycles. The van der Waals surface area contributed by atoms with Gasteiger partial charge < -0.3 is 27.2 Å². The topological polar surface area (TPSA) is 148 Å². The van der Waals surface area contributed by atoms with E-state index in [1.54, 1.807) is 13.8 Å². The summed E-state index contributed by atoms with van der Waals surface area (Å²) in [5.41, 5.74) is 13.8. The Kier molecular flexibility index (Phi) is 7.94. The lowest BCUT2D eigenvalue weighted by Gasteiger charge is -2.18. The number of hydrogen-bond donors (Lipinski definition) is 5. The average molecular weight is 412 g/mol. The summed E-state index contributed by atoms with van der Waals surface area (Å²) < 4.78 is 0. The highest BCUT2D eigenvalue weighted by Gasteiger charge is 2.24. The third kappa shape index (κ3) is 6.31. The summed E-state index contributed by atoms with van der Waals surface area (Å²) in [6, 6.07) is 12.4. The molecule has 30 heavy (non-hydrogen) atoms. The highest BCUT2D eigenvalue weighted by molar-refractivity contribution is 6.01. The first-order valence-corrected chi connectivity index (χ1v) is 9.72. The molecule has 0 saturated carbocycles. The summed E-state index contributed by atoms with van der Waals surface area (Å²) in [5, 5.41) is 14.4. The zero-order chi connectivity index (χ0) is 22.3. The van der Waals surface area contributed by atoms with E-state index in [4.69, 9.17) is 11.5 Å². The Balaban J connectivity index is 1.98. The smallest absolute Gasteiger partial charge is 0.326 e. The normalized spacial score (nSPS) is 12.8. The van der Waals surface area contributed by atoms with Crippen molar-refractivity contribution >= 4 is 29.2 Å². The number of benzene rings is 2. The Labute approximate surface area is 175 Å². The molecular formula is C22H28N4O4. The molecule has 0 heterocycles. The van der Waals surface area contributed by atoms with Crippen LogP contribution in [0, 0.1) is 5.92 Å². The number of hydrogen-bond acceptors (Lipinski definition) is 5. The van der Waals surface area contributed by atoms with Crippen LogP contribution >= 0.6 is 0 Å². The number of aryl methyl sites for hydroxylation is 1. The van der Waals surface area contributed by atoms with Crippen molar-refractivity contribution in [2.24, 2.45) is 11.7 Å². The first-order valence-electron chi connectivity index (χ1n) is 9.72. The van der Waals surface area contributed by atoms with E-state index in [2.05, 4.69) is 10.6 Å². The number of carbonyl (C=O) groups is 3. The van der Waals surface area contributed by atoms with Crippen LogP contribution in [0.1, 0.15) is 36.2 Å². The molecule has 0 unspecified atom stereocenters. The van der Waals surface area contributed by atoms with Crippen molar-refractivity contribution < 1.29 is 19.5 Å². The zero-order valence-corrected chi connectivity index (χ0v) is 17.1. The molecule has 0 spiro atoms. The van der Waals surface area contributed by atoms with E-state index >= 15 is 0 Å². The van der Waals surface area contributed by atoms with Crippen molar-refractivity contribution in [2.45, 2.75) is 38.8 Å². The van der Waals surface area contributed by atoms with Gasteiger partial charge in [-0.25, -0.2) is 4.79 Å². The highest BCUT2D eigenvalue weighted by Crippen LogP contribution is 2.21. The van der Waals surface area contributed by atoms with E-state index in [9.17, 15) is 19.5 Å². The molecule has 2 aromatic carbocycles. The van der Waals surface area contributed by atoms with Crippen molar-refractivity contribution in [3.05, 3.63) is 59.7 Å². The second-order valence-electron chi connectivity index (χ2n) is 7.46. The summed E-state index contributed by atoms with van der Waals surface area (Å²) in [6.07, 6.45) is 1.15. The first-order chi connectivity index (χ1) is 14.2. The molecule has 8 nitrogen and oxygen atoms in total. The lowest BCUT2D eigenvalue weighted by Crippen LogP contribution is -2.44. The van der Waals surface area contributed by atoms with Crippen LogP contribution in [0.2, 0.25) is 0 Å². The van der Waals surface area contributed by atoms with Crippen LogP contribution in [0.15, 0.2) is 48.5 Å². The van der Waals surface area contributed by atoms with Gasteiger partial charge in [0.1, 0.15) is 6.04 Å². The molecule has 2 rings (SSSR count). The van der Waals surface area contributed by atoms with E-state index < -0.39 is 24.0 Å². The van der Waals surface area contributed by atoms with Crippen LogP contribution in [0.4, 0.5) is 11.4 Å². The van der Waals surface area contributed by atoms with Gasteiger partial charge in [-0.3, -0.25) is 9.59 Å². The third-order valence-corrected chi connectivity index (χ3v) is 4.71. The zero-order valence-electron chi connectivity index (χ0n) is 17.1. The molecule has 7 N–H and O–H groups in total. The molecule has 2 aromatic rings. The molecule has 0 saturated heterocycles. The fraction of sp³-hybridized carbons (Fsp3) is 0.318. The summed E-state index contributed by atoms with van der Waals surface area (Å²) in [4.78, 5) is 36.0. The Morgan fingerprint density at radius 2 is 1.73 bits per heavy atom. The van der Waals surface area contributed by atoms with Crippen molar-refractivity contribution in [3.8, 4) is 0 Å². The van der Waals surface area contributed by atoms with Crippen LogP contribution in [0.3, 0.4) is 0 Å². The Morgan fingerprint density at radius 1 is 1.07 bits per heavy atom. The number of carboxylic acid groups (broad SMARTS) is 1. The van der Waals surface area contributed by atoms with Crippen molar-refractivity contribution in [3.63, 3.8) is 0 Å². The van der Waals surface area contributed by atoms with Gasteiger partial charge in [0.2, 0.25) is 5.91 Å². The van der Waals surface area contributed by atoms with Crippen molar-refractivity contribution in [2.75, 3.05) is 11.1 Å². The summed E-state index contributed by atoms with van der Waals surface area (Å²) in [7, 11) is 0. The number of carbonyl (C=O) groups excluding carboxylic acids is 2. The molecule has 0 aliphatic carbocycles. The van der Waals surface area contributed by atoms with Crippen LogP contribution in [-0.4, -0.2) is 35.0 Å². The summed E-state index contributed by atoms with van der Waals surface area (Å²) >= 11 is 0. The molecule has 8 heteroatoms. The monoisotopic (exact) mass is 412 g/mol. The maximum Gasteiger partial charge on any atom is 0.326 e. The Hall–Kier alpha value is -3.39. The largest absolute Gasteiger partial charge is 0.480 e. The summed E-state index contributed by atoms with van der Waals surface area (Å²) in [5.74, 6) is -2.32. The molecule has 0 radical (unpaired) electrons. The molecule has 2 amide bonds. The predicted octanol–water partition coefficient (Wildman–Crippen LogP) is 2.01. The fourth-order valence-corrected chi connectivity index (χ4v) is 2.88. The minimum Gasteiger partial charge on any atom is -0.480 e. The van der Waals surface area contributed by atoms with Crippen LogP contribution < -0.4 is 22.1 Å². The van der Waals surface area contributed by atoms with Crippen molar-refractivity contribution in [1.82, 2.24) is 5.32 Å². The van der Waals surface area contributed by atoms with E-state index in [0.29, 0.717) is 18.5 Å². The minimum atomic E-state index is -1.11. The highest BCUT2D eigenvalue weighted by atomic mass is 16.4. The van der Waals surface area contributed by atoms with Crippen LogP contribution in [0.25, 0.3) is 0 Å². The molecule has 2 atom stereocenters.